The summed E-state index contributed by atoms with van der Waals surface area (Å²) in [5.74, 6) is -0.300. The zero-order valence-electron chi connectivity index (χ0n) is 12.6. The summed E-state index contributed by atoms with van der Waals surface area (Å²) in [6, 6.07) is 12.4. The first kappa shape index (κ1) is 16.1. The lowest BCUT2D eigenvalue weighted by Crippen LogP contribution is -2.02. The molecule has 0 radical (unpaired) electrons. The van der Waals surface area contributed by atoms with Crippen LogP contribution in [0, 0.1) is 18.6 Å². The van der Waals surface area contributed by atoms with E-state index >= 15 is 0 Å². The van der Waals surface area contributed by atoms with Gasteiger partial charge in [-0.1, -0.05) is 17.7 Å². The van der Waals surface area contributed by atoms with Crippen molar-refractivity contribution in [3.8, 4) is 0 Å². The third-order valence-corrected chi connectivity index (χ3v) is 3.36. The molecule has 0 unspecified atom stereocenters. The minimum absolute atomic E-state index is 0.390. The van der Waals surface area contributed by atoms with Gasteiger partial charge in [0.2, 0.25) is 0 Å². The highest BCUT2D eigenvalue weighted by Crippen LogP contribution is 2.23. The summed E-state index contributed by atoms with van der Waals surface area (Å²) in [4.78, 5) is 8.53. The summed E-state index contributed by atoms with van der Waals surface area (Å²) in [5, 5.41) is 6.65. The standard InChI is InChI=1S/C17H13ClF2N4/c1-10-21-16(23-12-4-2-3-11(18)7-12)9-17(22-10)24-13-5-6-14(19)15(20)8-13/h2-9H,1H3,(H2,21,22,23,24). The quantitative estimate of drug-likeness (QED) is 0.681. The van der Waals surface area contributed by atoms with E-state index in [2.05, 4.69) is 20.6 Å². The molecule has 0 saturated heterocycles. The zero-order chi connectivity index (χ0) is 17.1. The van der Waals surface area contributed by atoms with Crippen LogP contribution >= 0.6 is 11.6 Å². The zero-order valence-corrected chi connectivity index (χ0v) is 13.4. The van der Waals surface area contributed by atoms with E-state index in [1.807, 2.05) is 12.1 Å². The van der Waals surface area contributed by atoms with Crippen LogP contribution in [0.4, 0.5) is 31.8 Å². The van der Waals surface area contributed by atoms with Crippen LogP contribution in [0.25, 0.3) is 0 Å². The van der Waals surface area contributed by atoms with Gasteiger partial charge in [-0.25, -0.2) is 18.7 Å². The van der Waals surface area contributed by atoms with Crippen molar-refractivity contribution >= 4 is 34.6 Å². The number of nitrogens with one attached hydrogen (secondary N) is 2. The summed E-state index contributed by atoms with van der Waals surface area (Å²) < 4.78 is 26.3. The monoisotopic (exact) mass is 346 g/mol. The number of hydrogen-bond donors (Lipinski definition) is 2. The molecule has 2 aromatic carbocycles. The van der Waals surface area contributed by atoms with E-state index in [-0.39, 0.29) is 0 Å². The Balaban J connectivity index is 1.84. The van der Waals surface area contributed by atoms with Crippen LogP contribution in [-0.2, 0) is 0 Å². The molecule has 0 amide bonds. The van der Waals surface area contributed by atoms with Gasteiger partial charge in [-0.15, -0.1) is 0 Å². The van der Waals surface area contributed by atoms with E-state index in [1.165, 1.54) is 6.07 Å². The SMILES string of the molecule is Cc1nc(Nc2cccc(Cl)c2)cc(Nc2ccc(F)c(F)c2)n1. The van der Waals surface area contributed by atoms with Gasteiger partial charge >= 0.3 is 0 Å². The molecule has 3 rings (SSSR count). The number of halogens is 3. The van der Waals surface area contributed by atoms with Crippen LogP contribution in [0.15, 0.2) is 48.5 Å². The molecular weight excluding hydrogens is 334 g/mol. The average Bonchev–Trinajstić information content (AvgIpc) is 2.50. The first-order valence-corrected chi connectivity index (χ1v) is 7.48. The first-order valence-electron chi connectivity index (χ1n) is 7.10. The number of anilines is 4. The minimum atomic E-state index is -0.928. The summed E-state index contributed by atoms with van der Waals surface area (Å²) in [5.41, 5.74) is 1.17. The molecule has 0 saturated carbocycles. The fraction of sp³-hybridized carbons (Fsp3) is 0.0588. The number of aromatic nitrogens is 2. The van der Waals surface area contributed by atoms with Gasteiger partial charge in [-0.3, -0.25) is 0 Å². The maximum Gasteiger partial charge on any atom is 0.160 e. The molecule has 7 heteroatoms. The Hall–Kier alpha value is -2.73. The van der Waals surface area contributed by atoms with Crippen LogP contribution in [-0.4, -0.2) is 9.97 Å². The van der Waals surface area contributed by atoms with Crippen molar-refractivity contribution in [2.75, 3.05) is 10.6 Å². The molecule has 2 N–H and O–H groups in total. The lowest BCUT2D eigenvalue weighted by Gasteiger charge is -2.10. The predicted octanol–water partition coefficient (Wildman–Crippen LogP) is 5.20. The van der Waals surface area contributed by atoms with Crippen molar-refractivity contribution in [2.45, 2.75) is 6.92 Å². The second kappa shape index (κ2) is 6.80. The van der Waals surface area contributed by atoms with E-state index in [0.717, 1.165) is 17.8 Å². The van der Waals surface area contributed by atoms with E-state index in [9.17, 15) is 8.78 Å². The Morgan fingerprint density at radius 1 is 0.833 bits per heavy atom. The molecule has 122 valence electrons. The van der Waals surface area contributed by atoms with E-state index in [4.69, 9.17) is 11.6 Å². The van der Waals surface area contributed by atoms with E-state index in [1.54, 1.807) is 25.1 Å². The fourth-order valence-electron chi connectivity index (χ4n) is 2.13. The Kier molecular flexibility index (Phi) is 4.57. The Bertz CT molecular complexity index is 886. The molecule has 0 spiro atoms. The van der Waals surface area contributed by atoms with Gasteiger partial charge in [-0.2, -0.15) is 0 Å². The summed E-state index contributed by atoms with van der Waals surface area (Å²) in [6.07, 6.45) is 0. The van der Waals surface area contributed by atoms with E-state index in [0.29, 0.717) is 28.2 Å². The minimum Gasteiger partial charge on any atom is -0.340 e. The third kappa shape index (κ3) is 3.97. The molecule has 0 aliphatic carbocycles. The number of benzene rings is 2. The van der Waals surface area contributed by atoms with Crippen LogP contribution < -0.4 is 10.6 Å². The summed E-state index contributed by atoms with van der Waals surface area (Å²) >= 11 is 5.96. The molecule has 0 aliphatic rings. The second-order valence-electron chi connectivity index (χ2n) is 5.07. The highest BCUT2D eigenvalue weighted by molar-refractivity contribution is 6.30. The highest BCUT2D eigenvalue weighted by Gasteiger charge is 2.06. The molecular formula is C17H13ClF2N4. The highest BCUT2D eigenvalue weighted by atomic mass is 35.5. The third-order valence-electron chi connectivity index (χ3n) is 3.13. The topological polar surface area (TPSA) is 49.8 Å². The molecule has 0 fully saturated rings. The van der Waals surface area contributed by atoms with Gasteiger partial charge in [0.05, 0.1) is 0 Å². The lowest BCUT2D eigenvalue weighted by molar-refractivity contribution is 0.509. The maximum atomic E-state index is 13.3. The molecule has 3 aromatic rings. The van der Waals surface area contributed by atoms with Gasteiger partial charge in [0, 0.05) is 28.5 Å². The van der Waals surface area contributed by atoms with Crippen LogP contribution in [0.1, 0.15) is 5.82 Å². The van der Waals surface area contributed by atoms with Gasteiger partial charge in [-0.05, 0) is 37.3 Å². The first-order chi connectivity index (χ1) is 11.5. The Morgan fingerprint density at radius 3 is 2.12 bits per heavy atom. The maximum absolute atomic E-state index is 13.3. The number of hydrogen-bond acceptors (Lipinski definition) is 4. The molecule has 0 aliphatic heterocycles. The van der Waals surface area contributed by atoms with E-state index < -0.39 is 11.6 Å². The fourth-order valence-corrected chi connectivity index (χ4v) is 2.32. The molecule has 0 atom stereocenters. The normalized spacial score (nSPS) is 10.5. The summed E-state index contributed by atoms with van der Waals surface area (Å²) in [7, 11) is 0. The van der Waals surface area contributed by atoms with Crippen LogP contribution in [0.5, 0.6) is 0 Å². The van der Waals surface area contributed by atoms with Crippen LogP contribution in [0.2, 0.25) is 5.02 Å². The molecule has 1 aromatic heterocycles. The number of rotatable bonds is 4. The van der Waals surface area contributed by atoms with Crippen molar-refractivity contribution < 1.29 is 8.78 Å². The lowest BCUT2D eigenvalue weighted by atomic mass is 10.3. The Labute approximate surface area is 142 Å². The predicted molar refractivity (Wildman–Crippen MR) is 91.1 cm³/mol. The van der Waals surface area contributed by atoms with Gasteiger partial charge in [0.15, 0.2) is 11.6 Å². The van der Waals surface area contributed by atoms with Crippen LogP contribution in [0.3, 0.4) is 0 Å². The van der Waals surface area contributed by atoms with Crippen molar-refractivity contribution in [2.24, 2.45) is 0 Å². The van der Waals surface area contributed by atoms with Crippen molar-refractivity contribution in [3.63, 3.8) is 0 Å². The Morgan fingerprint density at radius 2 is 1.50 bits per heavy atom. The smallest absolute Gasteiger partial charge is 0.160 e. The number of nitrogens with zero attached hydrogens (tertiary/aromatic N) is 2. The van der Waals surface area contributed by atoms with Gasteiger partial charge in [0.25, 0.3) is 0 Å². The van der Waals surface area contributed by atoms with Gasteiger partial charge < -0.3 is 10.6 Å². The van der Waals surface area contributed by atoms with Crippen molar-refractivity contribution in [3.05, 3.63) is 71.0 Å². The molecule has 24 heavy (non-hydrogen) atoms. The molecule has 4 nitrogen and oxygen atoms in total. The largest absolute Gasteiger partial charge is 0.340 e. The average molecular weight is 347 g/mol. The summed E-state index contributed by atoms with van der Waals surface area (Å²) in [6.45, 7) is 1.74. The van der Waals surface area contributed by atoms with Gasteiger partial charge in [0.1, 0.15) is 17.5 Å². The number of aryl methyl sites for hydroxylation is 1. The molecule has 1 heterocycles. The molecule has 0 bridgehead atoms. The van der Waals surface area contributed by atoms with Crippen molar-refractivity contribution in [1.29, 1.82) is 0 Å². The second-order valence-corrected chi connectivity index (χ2v) is 5.51. The van der Waals surface area contributed by atoms with Crippen molar-refractivity contribution in [1.82, 2.24) is 9.97 Å².